The third kappa shape index (κ3) is 3.72. The summed E-state index contributed by atoms with van der Waals surface area (Å²) in [5.41, 5.74) is 7.95. The van der Waals surface area contributed by atoms with Crippen LogP contribution in [0.15, 0.2) is 24.3 Å². The molecule has 0 bridgehead atoms. The lowest BCUT2D eigenvalue weighted by molar-refractivity contribution is 0.0593. The van der Waals surface area contributed by atoms with E-state index in [9.17, 15) is 0 Å². The highest BCUT2D eigenvalue weighted by Gasteiger charge is 2.20. The molecule has 1 saturated heterocycles. The Morgan fingerprint density at radius 3 is 2.89 bits per heavy atom. The van der Waals surface area contributed by atoms with Crippen LogP contribution >= 0.6 is 0 Å². The Hall–Kier alpha value is -1.06. The molecule has 1 fully saturated rings. The van der Waals surface area contributed by atoms with E-state index < -0.39 is 0 Å². The van der Waals surface area contributed by atoms with E-state index in [1.165, 1.54) is 18.4 Å². The average Bonchev–Trinajstić information content (AvgIpc) is 2.81. The summed E-state index contributed by atoms with van der Waals surface area (Å²) in [7, 11) is 0. The highest BCUT2D eigenvalue weighted by molar-refractivity contribution is 5.40. The third-order valence-electron chi connectivity index (χ3n) is 3.53. The van der Waals surface area contributed by atoms with Crippen molar-refractivity contribution in [3.05, 3.63) is 29.8 Å². The molecule has 18 heavy (non-hydrogen) atoms. The summed E-state index contributed by atoms with van der Waals surface area (Å²) >= 11 is 0. The molecular formula is C15H24N2O. The predicted octanol–water partition coefficient (Wildman–Crippen LogP) is 2.66. The number of rotatable bonds is 5. The van der Waals surface area contributed by atoms with Crippen LogP contribution in [0.1, 0.15) is 32.3 Å². The standard InChI is InChI=1S/C15H24N2O/c1-12(2)17(11-15-7-4-8-18-15)10-13-5-3-6-14(16)9-13/h3,5-6,9,12,15H,4,7-8,10-11,16H2,1-2H3. The number of nitrogens with zero attached hydrogens (tertiary/aromatic N) is 1. The highest BCUT2D eigenvalue weighted by Crippen LogP contribution is 2.17. The molecule has 1 aromatic rings. The van der Waals surface area contributed by atoms with Crippen LogP contribution in [0.4, 0.5) is 5.69 Å². The highest BCUT2D eigenvalue weighted by atomic mass is 16.5. The number of nitrogens with two attached hydrogens (primary N) is 1. The second-order valence-corrected chi connectivity index (χ2v) is 5.40. The van der Waals surface area contributed by atoms with E-state index in [1.807, 2.05) is 12.1 Å². The van der Waals surface area contributed by atoms with Gasteiger partial charge in [0, 0.05) is 31.4 Å². The summed E-state index contributed by atoms with van der Waals surface area (Å²) in [4.78, 5) is 2.46. The van der Waals surface area contributed by atoms with Crippen LogP contribution in [0.25, 0.3) is 0 Å². The van der Waals surface area contributed by atoms with Crippen molar-refractivity contribution in [2.45, 2.75) is 45.4 Å². The predicted molar refractivity (Wildman–Crippen MR) is 75.4 cm³/mol. The summed E-state index contributed by atoms with van der Waals surface area (Å²) in [5, 5.41) is 0. The van der Waals surface area contributed by atoms with Crippen LogP contribution in [-0.2, 0) is 11.3 Å². The smallest absolute Gasteiger partial charge is 0.0703 e. The zero-order chi connectivity index (χ0) is 13.0. The van der Waals surface area contributed by atoms with E-state index in [1.54, 1.807) is 0 Å². The second-order valence-electron chi connectivity index (χ2n) is 5.40. The average molecular weight is 248 g/mol. The summed E-state index contributed by atoms with van der Waals surface area (Å²) < 4.78 is 5.73. The van der Waals surface area contributed by atoms with Crippen LogP contribution in [0.3, 0.4) is 0 Å². The molecule has 3 heteroatoms. The maximum absolute atomic E-state index is 5.83. The minimum atomic E-state index is 0.411. The van der Waals surface area contributed by atoms with Gasteiger partial charge in [-0.25, -0.2) is 0 Å². The first kappa shape index (κ1) is 13.4. The van der Waals surface area contributed by atoms with Crippen molar-refractivity contribution in [1.82, 2.24) is 4.90 Å². The minimum Gasteiger partial charge on any atom is -0.399 e. The summed E-state index contributed by atoms with van der Waals surface area (Å²) in [5.74, 6) is 0. The van der Waals surface area contributed by atoms with Gasteiger partial charge in [-0.3, -0.25) is 4.90 Å². The van der Waals surface area contributed by atoms with E-state index in [-0.39, 0.29) is 0 Å². The van der Waals surface area contributed by atoms with Gasteiger partial charge in [-0.05, 0) is 44.4 Å². The molecule has 1 aromatic carbocycles. The molecular weight excluding hydrogens is 224 g/mol. The van der Waals surface area contributed by atoms with E-state index >= 15 is 0 Å². The zero-order valence-corrected chi connectivity index (χ0v) is 11.4. The van der Waals surface area contributed by atoms with Crippen LogP contribution < -0.4 is 5.73 Å². The Morgan fingerprint density at radius 2 is 2.28 bits per heavy atom. The van der Waals surface area contributed by atoms with Gasteiger partial charge in [0.2, 0.25) is 0 Å². The molecule has 2 N–H and O–H groups in total. The first-order valence-corrected chi connectivity index (χ1v) is 6.85. The van der Waals surface area contributed by atoms with Gasteiger partial charge in [0.25, 0.3) is 0 Å². The number of hydrogen-bond acceptors (Lipinski definition) is 3. The fraction of sp³-hybridized carbons (Fsp3) is 0.600. The van der Waals surface area contributed by atoms with Gasteiger partial charge in [-0.2, -0.15) is 0 Å². The number of benzene rings is 1. The Labute approximate surface area is 110 Å². The van der Waals surface area contributed by atoms with Crippen molar-refractivity contribution in [3.63, 3.8) is 0 Å². The first-order chi connectivity index (χ1) is 8.65. The van der Waals surface area contributed by atoms with E-state index in [2.05, 4.69) is 30.9 Å². The minimum absolute atomic E-state index is 0.411. The van der Waals surface area contributed by atoms with Crippen LogP contribution in [0.2, 0.25) is 0 Å². The summed E-state index contributed by atoms with van der Waals surface area (Å²) in [6, 6.07) is 8.68. The summed E-state index contributed by atoms with van der Waals surface area (Å²) in [6.07, 6.45) is 2.81. The normalized spacial score (nSPS) is 19.9. The molecule has 0 spiro atoms. The maximum Gasteiger partial charge on any atom is 0.0703 e. The molecule has 0 aliphatic carbocycles. The second kappa shape index (κ2) is 6.21. The van der Waals surface area contributed by atoms with Crippen molar-refractivity contribution in [3.8, 4) is 0 Å². The molecule has 1 unspecified atom stereocenters. The third-order valence-corrected chi connectivity index (χ3v) is 3.53. The SMILES string of the molecule is CC(C)N(Cc1cccc(N)c1)CC1CCCO1. The van der Waals surface area contributed by atoms with Crippen molar-refractivity contribution in [2.75, 3.05) is 18.9 Å². The fourth-order valence-electron chi connectivity index (χ4n) is 2.43. The monoisotopic (exact) mass is 248 g/mol. The summed E-state index contributed by atoms with van der Waals surface area (Å²) in [6.45, 7) is 7.37. The molecule has 1 aliphatic rings. The lowest BCUT2D eigenvalue weighted by Crippen LogP contribution is -2.36. The number of nitrogen functional groups attached to an aromatic ring is 1. The van der Waals surface area contributed by atoms with Crippen LogP contribution in [0, 0.1) is 0 Å². The van der Waals surface area contributed by atoms with Gasteiger partial charge in [0.05, 0.1) is 6.10 Å². The molecule has 1 heterocycles. The molecule has 100 valence electrons. The van der Waals surface area contributed by atoms with Gasteiger partial charge in [-0.1, -0.05) is 12.1 Å². The lowest BCUT2D eigenvalue weighted by atomic mass is 10.1. The molecule has 2 rings (SSSR count). The molecule has 0 radical (unpaired) electrons. The lowest BCUT2D eigenvalue weighted by Gasteiger charge is -2.29. The van der Waals surface area contributed by atoms with Gasteiger partial charge in [0.15, 0.2) is 0 Å². The van der Waals surface area contributed by atoms with Crippen LogP contribution in [0.5, 0.6) is 0 Å². The molecule has 3 nitrogen and oxygen atoms in total. The molecule has 0 amide bonds. The van der Waals surface area contributed by atoms with Gasteiger partial charge in [0.1, 0.15) is 0 Å². The van der Waals surface area contributed by atoms with Crippen molar-refractivity contribution in [2.24, 2.45) is 0 Å². The van der Waals surface area contributed by atoms with E-state index in [0.29, 0.717) is 12.1 Å². The zero-order valence-electron chi connectivity index (χ0n) is 11.4. The molecule has 0 aromatic heterocycles. The van der Waals surface area contributed by atoms with Crippen molar-refractivity contribution < 1.29 is 4.74 Å². The van der Waals surface area contributed by atoms with Crippen molar-refractivity contribution in [1.29, 1.82) is 0 Å². The number of ether oxygens (including phenoxy) is 1. The van der Waals surface area contributed by atoms with Crippen LogP contribution in [-0.4, -0.2) is 30.2 Å². The maximum atomic E-state index is 5.83. The first-order valence-electron chi connectivity index (χ1n) is 6.85. The fourth-order valence-corrected chi connectivity index (χ4v) is 2.43. The van der Waals surface area contributed by atoms with Gasteiger partial charge in [-0.15, -0.1) is 0 Å². The van der Waals surface area contributed by atoms with E-state index in [0.717, 1.165) is 25.4 Å². The number of anilines is 1. The number of hydrogen-bond donors (Lipinski definition) is 1. The molecule has 0 saturated carbocycles. The quantitative estimate of drug-likeness (QED) is 0.814. The largest absolute Gasteiger partial charge is 0.399 e. The Balaban J connectivity index is 1.97. The Morgan fingerprint density at radius 1 is 1.44 bits per heavy atom. The topological polar surface area (TPSA) is 38.5 Å². The van der Waals surface area contributed by atoms with Crippen molar-refractivity contribution >= 4 is 5.69 Å². The Bertz CT molecular complexity index is 373. The van der Waals surface area contributed by atoms with Gasteiger partial charge >= 0.3 is 0 Å². The van der Waals surface area contributed by atoms with Gasteiger partial charge < -0.3 is 10.5 Å². The molecule has 1 aliphatic heterocycles. The molecule has 1 atom stereocenters. The van der Waals surface area contributed by atoms with E-state index in [4.69, 9.17) is 10.5 Å². The Kier molecular flexibility index (Phi) is 4.61.